The highest BCUT2D eigenvalue weighted by Crippen LogP contribution is 2.27. The lowest BCUT2D eigenvalue weighted by Gasteiger charge is -2.16. The first-order chi connectivity index (χ1) is 12.5. The van der Waals surface area contributed by atoms with Gasteiger partial charge in [0.05, 0.1) is 0 Å². The van der Waals surface area contributed by atoms with Gasteiger partial charge in [-0.3, -0.25) is 14.6 Å². The lowest BCUT2D eigenvalue weighted by Crippen LogP contribution is -2.28. The van der Waals surface area contributed by atoms with Crippen LogP contribution < -0.4 is 16.4 Å². The van der Waals surface area contributed by atoms with Gasteiger partial charge in [0.2, 0.25) is 5.91 Å². The van der Waals surface area contributed by atoms with Crippen LogP contribution in [0.25, 0.3) is 0 Å². The number of amides is 2. The molecule has 1 aromatic carbocycles. The fourth-order valence-corrected chi connectivity index (χ4v) is 3.30. The predicted octanol–water partition coefficient (Wildman–Crippen LogP) is 3.10. The summed E-state index contributed by atoms with van der Waals surface area (Å²) >= 11 is 0. The van der Waals surface area contributed by atoms with Gasteiger partial charge in [-0.25, -0.2) is 0 Å². The summed E-state index contributed by atoms with van der Waals surface area (Å²) < 4.78 is 0. The summed E-state index contributed by atoms with van der Waals surface area (Å²) in [5.74, 6) is 0.00447. The first kappa shape index (κ1) is 18.1. The maximum absolute atomic E-state index is 12.3. The van der Waals surface area contributed by atoms with Crippen LogP contribution in [0.15, 0.2) is 42.7 Å². The minimum Gasteiger partial charge on any atom is -0.327 e. The summed E-state index contributed by atoms with van der Waals surface area (Å²) in [6.45, 7) is 1.91. The molecule has 0 radical (unpaired) electrons. The van der Waals surface area contributed by atoms with Crippen LogP contribution >= 0.6 is 0 Å². The van der Waals surface area contributed by atoms with Crippen LogP contribution in [0.5, 0.6) is 0 Å². The number of carbonyl (C=O) groups is 2. The molecule has 0 aliphatic heterocycles. The molecule has 2 amide bonds. The number of carbonyl (C=O) groups excluding carboxylic acids is 2. The Hall–Kier alpha value is -2.73. The summed E-state index contributed by atoms with van der Waals surface area (Å²) in [4.78, 5) is 28.5. The van der Waals surface area contributed by atoms with Crippen molar-refractivity contribution in [2.75, 3.05) is 10.6 Å². The zero-order valence-electron chi connectivity index (χ0n) is 14.9. The van der Waals surface area contributed by atoms with E-state index in [2.05, 4.69) is 15.6 Å². The van der Waals surface area contributed by atoms with Crippen LogP contribution in [0.1, 0.15) is 41.6 Å². The first-order valence-electron chi connectivity index (χ1n) is 8.90. The standard InChI is InChI=1S/C20H24N4O2/c1-13-5-6-16(23-19(25)11-15-3-2-4-17(15)21)12-18(13)24-20(26)14-7-9-22-10-8-14/h5-10,12,15,17H,2-4,11,21H2,1H3,(H,23,25)(H,24,26)/t15-,17+/m0/s1. The van der Waals surface area contributed by atoms with Crippen molar-refractivity contribution in [3.05, 3.63) is 53.9 Å². The zero-order valence-corrected chi connectivity index (χ0v) is 14.9. The fraction of sp³-hybridized carbons (Fsp3) is 0.350. The second kappa shape index (κ2) is 8.10. The Balaban J connectivity index is 1.65. The molecule has 26 heavy (non-hydrogen) atoms. The molecule has 136 valence electrons. The quantitative estimate of drug-likeness (QED) is 0.770. The molecule has 0 bridgehead atoms. The molecule has 1 heterocycles. The van der Waals surface area contributed by atoms with Crippen LogP contribution in [0, 0.1) is 12.8 Å². The second-order valence-corrected chi connectivity index (χ2v) is 6.83. The van der Waals surface area contributed by atoms with Gasteiger partial charge < -0.3 is 16.4 Å². The summed E-state index contributed by atoms with van der Waals surface area (Å²) in [5.41, 5.74) is 8.83. The lowest BCUT2D eigenvalue weighted by atomic mass is 10.00. The molecule has 6 heteroatoms. The number of pyridine rings is 1. The Morgan fingerprint density at radius 1 is 1.15 bits per heavy atom. The van der Waals surface area contributed by atoms with Crippen molar-refractivity contribution in [3.63, 3.8) is 0 Å². The predicted molar refractivity (Wildman–Crippen MR) is 102 cm³/mol. The molecule has 1 aromatic heterocycles. The third-order valence-electron chi connectivity index (χ3n) is 4.88. The van der Waals surface area contributed by atoms with Crippen molar-refractivity contribution in [1.82, 2.24) is 4.98 Å². The molecule has 4 N–H and O–H groups in total. The number of nitrogens with two attached hydrogens (primary N) is 1. The number of hydrogen-bond acceptors (Lipinski definition) is 4. The Kier molecular flexibility index (Phi) is 5.63. The maximum atomic E-state index is 12.3. The van der Waals surface area contributed by atoms with Crippen LogP contribution in [0.3, 0.4) is 0 Å². The van der Waals surface area contributed by atoms with E-state index in [4.69, 9.17) is 5.73 Å². The van der Waals surface area contributed by atoms with Crippen molar-refractivity contribution in [3.8, 4) is 0 Å². The van der Waals surface area contributed by atoms with Gasteiger partial charge in [-0.15, -0.1) is 0 Å². The number of hydrogen-bond donors (Lipinski definition) is 3. The fourth-order valence-electron chi connectivity index (χ4n) is 3.30. The normalized spacial score (nSPS) is 19.2. The zero-order chi connectivity index (χ0) is 18.5. The molecular formula is C20H24N4O2. The van der Waals surface area contributed by atoms with Gasteiger partial charge >= 0.3 is 0 Å². The number of nitrogens with zero attached hydrogens (tertiary/aromatic N) is 1. The molecule has 1 aliphatic rings. The van der Waals surface area contributed by atoms with Crippen molar-refractivity contribution >= 4 is 23.2 Å². The third-order valence-corrected chi connectivity index (χ3v) is 4.88. The highest BCUT2D eigenvalue weighted by Gasteiger charge is 2.26. The molecule has 1 fully saturated rings. The van der Waals surface area contributed by atoms with Gasteiger partial charge in [0.1, 0.15) is 0 Å². The van der Waals surface area contributed by atoms with E-state index in [-0.39, 0.29) is 23.8 Å². The van der Waals surface area contributed by atoms with Gasteiger partial charge in [-0.1, -0.05) is 12.5 Å². The molecular weight excluding hydrogens is 328 g/mol. The number of aryl methyl sites for hydroxylation is 1. The average Bonchev–Trinajstić information content (AvgIpc) is 3.03. The lowest BCUT2D eigenvalue weighted by molar-refractivity contribution is -0.117. The molecule has 6 nitrogen and oxygen atoms in total. The van der Waals surface area contributed by atoms with Crippen LogP contribution in [0.2, 0.25) is 0 Å². The van der Waals surface area contributed by atoms with E-state index in [1.54, 1.807) is 30.6 Å². The van der Waals surface area contributed by atoms with Crippen molar-refractivity contribution < 1.29 is 9.59 Å². The van der Waals surface area contributed by atoms with E-state index in [0.29, 0.717) is 23.4 Å². The Morgan fingerprint density at radius 3 is 2.62 bits per heavy atom. The molecule has 0 unspecified atom stereocenters. The van der Waals surface area contributed by atoms with E-state index in [1.807, 2.05) is 19.1 Å². The minimum atomic E-state index is -0.212. The Bertz CT molecular complexity index is 792. The number of aromatic nitrogens is 1. The Morgan fingerprint density at radius 2 is 1.92 bits per heavy atom. The van der Waals surface area contributed by atoms with Crippen LogP contribution in [-0.4, -0.2) is 22.8 Å². The molecule has 0 saturated heterocycles. The smallest absolute Gasteiger partial charge is 0.255 e. The van der Waals surface area contributed by atoms with Crippen molar-refractivity contribution in [2.24, 2.45) is 11.7 Å². The van der Waals surface area contributed by atoms with Crippen molar-refractivity contribution in [1.29, 1.82) is 0 Å². The van der Waals surface area contributed by atoms with E-state index in [1.165, 1.54) is 0 Å². The topological polar surface area (TPSA) is 97.1 Å². The van der Waals surface area contributed by atoms with Gasteiger partial charge in [-0.2, -0.15) is 0 Å². The average molecular weight is 352 g/mol. The second-order valence-electron chi connectivity index (χ2n) is 6.83. The summed E-state index contributed by atoms with van der Waals surface area (Å²) in [6, 6.07) is 8.92. The molecule has 3 rings (SSSR count). The van der Waals surface area contributed by atoms with E-state index < -0.39 is 0 Å². The Labute approximate surface area is 153 Å². The van der Waals surface area contributed by atoms with Gasteiger partial charge in [0, 0.05) is 41.8 Å². The summed E-state index contributed by atoms with van der Waals surface area (Å²) in [5, 5.41) is 5.80. The number of rotatable bonds is 5. The minimum absolute atomic E-state index is 0.0392. The number of benzene rings is 1. The maximum Gasteiger partial charge on any atom is 0.255 e. The van der Waals surface area contributed by atoms with E-state index >= 15 is 0 Å². The number of nitrogens with one attached hydrogen (secondary N) is 2. The molecule has 2 atom stereocenters. The first-order valence-corrected chi connectivity index (χ1v) is 8.90. The van der Waals surface area contributed by atoms with Gasteiger partial charge in [-0.05, 0) is 55.5 Å². The highest BCUT2D eigenvalue weighted by atomic mass is 16.2. The number of anilines is 2. The molecule has 1 aliphatic carbocycles. The van der Waals surface area contributed by atoms with Crippen molar-refractivity contribution in [2.45, 2.75) is 38.6 Å². The van der Waals surface area contributed by atoms with Crippen LogP contribution in [0.4, 0.5) is 11.4 Å². The SMILES string of the molecule is Cc1ccc(NC(=O)C[C@@H]2CCC[C@H]2N)cc1NC(=O)c1ccncc1. The highest BCUT2D eigenvalue weighted by molar-refractivity contribution is 6.05. The monoisotopic (exact) mass is 352 g/mol. The van der Waals surface area contributed by atoms with E-state index in [9.17, 15) is 9.59 Å². The van der Waals surface area contributed by atoms with Crippen LogP contribution in [-0.2, 0) is 4.79 Å². The molecule has 0 spiro atoms. The van der Waals surface area contributed by atoms with Gasteiger partial charge in [0.15, 0.2) is 0 Å². The summed E-state index contributed by atoms with van der Waals surface area (Å²) in [7, 11) is 0. The largest absolute Gasteiger partial charge is 0.327 e. The summed E-state index contributed by atoms with van der Waals surface area (Å²) in [6.07, 6.45) is 6.68. The third kappa shape index (κ3) is 4.46. The van der Waals surface area contributed by atoms with Gasteiger partial charge in [0.25, 0.3) is 5.91 Å². The molecule has 2 aromatic rings. The van der Waals surface area contributed by atoms with E-state index in [0.717, 1.165) is 24.8 Å². The molecule has 1 saturated carbocycles.